The van der Waals surface area contributed by atoms with E-state index in [0.29, 0.717) is 23.7 Å². The fraction of sp³-hybridized carbons (Fsp3) is 0.190. The van der Waals surface area contributed by atoms with Gasteiger partial charge >= 0.3 is 12.1 Å². The van der Waals surface area contributed by atoms with Crippen LogP contribution in [0.5, 0.6) is 0 Å². The van der Waals surface area contributed by atoms with E-state index >= 15 is 0 Å². The summed E-state index contributed by atoms with van der Waals surface area (Å²) in [6, 6.07) is 13.2. The Balaban J connectivity index is 0.000000451. The Bertz CT molecular complexity index is 1000. The highest BCUT2D eigenvalue weighted by Gasteiger charge is 2.38. The van der Waals surface area contributed by atoms with Crippen molar-refractivity contribution < 1.29 is 27.9 Å². The van der Waals surface area contributed by atoms with Gasteiger partial charge in [-0.1, -0.05) is 29.8 Å². The summed E-state index contributed by atoms with van der Waals surface area (Å²) in [5.41, 5.74) is 2.63. The van der Waals surface area contributed by atoms with E-state index in [4.69, 9.17) is 21.5 Å². The third-order valence-corrected chi connectivity index (χ3v) is 4.29. The molecule has 0 unspecified atom stereocenters. The van der Waals surface area contributed by atoms with Crippen molar-refractivity contribution in [3.05, 3.63) is 89.0 Å². The van der Waals surface area contributed by atoms with Gasteiger partial charge in [-0.15, -0.1) is 0 Å². The molecule has 0 bridgehead atoms. The second-order valence-corrected chi connectivity index (χ2v) is 6.83. The van der Waals surface area contributed by atoms with E-state index in [1.807, 2.05) is 36.4 Å². The highest BCUT2D eigenvalue weighted by Crippen LogP contribution is 2.14. The minimum absolute atomic E-state index is 0.0762. The Morgan fingerprint density at radius 2 is 1.66 bits per heavy atom. The molecule has 0 saturated carbocycles. The number of pyridine rings is 1. The number of benzene rings is 1. The molecule has 0 aliphatic carbocycles. The highest BCUT2D eigenvalue weighted by atomic mass is 35.5. The molecule has 11 heteroatoms. The van der Waals surface area contributed by atoms with Gasteiger partial charge in [-0.05, 0) is 41.8 Å². The van der Waals surface area contributed by atoms with E-state index in [1.165, 1.54) is 12.4 Å². The van der Waals surface area contributed by atoms with Crippen LogP contribution in [-0.4, -0.2) is 49.8 Å². The van der Waals surface area contributed by atoms with Crippen molar-refractivity contribution in [3.63, 3.8) is 0 Å². The van der Waals surface area contributed by atoms with E-state index in [2.05, 4.69) is 15.2 Å². The van der Waals surface area contributed by atoms with E-state index in [-0.39, 0.29) is 5.91 Å². The number of hydrogen-bond acceptors (Lipinski definition) is 5. The second-order valence-electron chi connectivity index (χ2n) is 6.40. The number of carbonyl (C=O) groups excluding carboxylic acids is 1. The number of carbonyl (C=O) groups is 2. The molecule has 32 heavy (non-hydrogen) atoms. The Morgan fingerprint density at radius 3 is 2.19 bits per heavy atom. The molecule has 1 N–H and O–H groups in total. The van der Waals surface area contributed by atoms with Crippen LogP contribution >= 0.6 is 11.6 Å². The summed E-state index contributed by atoms with van der Waals surface area (Å²) in [7, 11) is 0. The molecular weight excluding hydrogens is 449 g/mol. The summed E-state index contributed by atoms with van der Waals surface area (Å²) >= 11 is 5.93. The average Bonchev–Trinajstić information content (AvgIpc) is 2.78. The van der Waals surface area contributed by atoms with Crippen molar-refractivity contribution in [2.45, 2.75) is 19.1 Å². The van der Waals surface area contributed by atoms with E-state index in [1.54, 1.807) is 23.4 Å². The topological polar surface area (TPSA) is 96.3 Å². The maximum Gasteiger partial charge on any atom is 0.490 e. The number of nitrogens with zero attached hydrogens (tertiary/aromatic N) is 4. The van der Waals surface area contributed by atoms with Crippen LogP contribution in [0.2, 0.25) is 5.02 Å². The number of amides is 1. The van der Waals surface area contributed by atoms with Gasteiger partial charge in [-0.3, -0.25) is 9.78 Å². The molecule has 1 amide bonds. The lowest BCUT2D eigenvalue weighted by Gasteiger charge is -2.23. The monoisotopic (exact) mass is 466 g/mol. The van der Waals surface area contributed by atoms with Crippen molar-refractivity contribution in [3.8, 4) is 0 Å². The molecule has 168 valence electrons. The number of carboxylic acids is 1. The minimum Gasteiger partial charge on any atom is -0.475 e. The van der Waals surface area contributed by atoms with Crippen LogP contribution in [0.15, 0.2) is 67.3 Å². The van der Waals surface area contributed by atoms with Gasteiger partial charge < -0.3 is 10.0 Å². The van der Waals surface area contributed by atoms with Gasteiger partial charge in [-0.2, -0.15) is 23.4 Å². The standard InChI is InChI=1S/C19H17ClN4O.C2HF3O2/c20-18-5-3-15(4-6-18)8-11-24(14-16-2-1-9-21-12-16)19(25)17-7-10-22-23-13-17;3-2(4,5)1(6)7/h1-7,9-10,12-13H,8,11,14H2;(H,6,7). The van der Waals surface area contributed by atoms with Crippen LogP contribution in [0.4, 0.5) is 13.2 Å². The number of hydrogen-bond donors (Lipinski definition) is 1. The Hall–Kier alpha value is -3.53. The molecule has 0 aliphatic rings. The summed E-state index contributed by atoms with van der Waals surface area (Å²) in [6.07, 6.45) is 2.15. The summed E-state index contributed by atoms with van der Waals surface area (Å²) < 4.78 is 31.7. The molecule has 0 spiro atoms. The summed E-state index contributed by atoms with van der Waals surface area (Å²) in [5, 5.41) is 15.4. The predicted octanol–water partition coefficient (Wildman–Crippen LogP) is 4.04. The molecule has 1 aromatic carbocycles. The molecule has 2 heterocycles. The Labute approximate surface area is 186 Å². The number of halogens is 4. The first kappa shape index (κ1) is 24.7. The molecule has 2 aromatic heterocycles. The number of carboxylic acid groups (broad SMARTS) is 1. The zero-order chi connectivity index (χ0) is 23.6. The molecule has 3 aromatic rings. The molecule has 7 nitrogen and oxygen atoms in total. The van der Waals surface area contributed by atoms with Crippen LogP contribution < -0.4 is 0 Å². The molecule has 0 saturated heterocycles. The number of aromatic nitrogens is 3. The normalized spacial score (nSPS) is 10.6. The van der Waals surface area contributed by atoms with Gasteiger partial charge in [0.1, 0.15) is 0 Å². The van der Waals surface area contributed by atoms with Gasteiger partial charge in [0.2, 0.25) is 0 Å². The third-order valence-electron chi connectivity index (χ3n) is 4.04. The zero-order valence-corrected chi connectivity index (χ0v) is 17.3. The van der Waals surface area contributed by atoms with Crippen molar-refractivity contribution in [2.24, 2.45) is 0 Å². The van der Waals surface area contributed by atoms with E-state index in [0.717, 1.165) is 17.5 Å². The number of aliphatic carboxylic acids is 1. The van der Waals surface area contributed by atoms with Crippen molar-refractivity contribution >= 4 is 23.5 Å². The lowest BCUT2D eigenvalue weighted by atomic mass is 10.1. The summed E-state index contributed by atoms with van der Waals surface area (Å²) in [4.78, 5) is 27.7. The van der Waals surface area contributed by atoms with Crippen molar-refractivity contribution in [2.75, 3.05) is 6.54 Å². The van der Waals surface area contributed by atoms with Crippen LogP contribution in [-0.2, 0) is 17.8 Å². The van der Waals surface area contributed by atoms with Crippen LogP contribution in [0.25, 0.3) is 0 Å². The van der Waals surface area contributed by atoms with Crippen molar-refractivity contribution in [1.82, 2.24) is 20.1 Å². The lowest BCUT2D eigenvalue weighted by Crippen LogP contribution is -2.32. The first-order chi connectivity index (χ1) is 15.2. The minimum atomic E-state index is -5.08. The average molecular weight is 467 g/mol. The zero-order valence-electron chi connectivity index (χ0n) is 16.5. The fourth-order valence-electron chi connectivity index (χ4n) is 2.48. The number of rotatable bonds is 6. The van der Waals surface area contributed by atoms with Crippen molar-refractivity contribution in [1.29, 1.82) is 0 Å². The predicted molar refractivity (Wildman–Crippen MR) is 110 cm³/mol. The molecular formula is C21H18ClF3N4O3. The smallest absolute Gasteiger partial charge is 0.475 e. The van der Waals surface area contributed by atoms with E-state index < -0.39 is 12.1 Å². The fourth-order valence-corrected chi connectivity index (χ4v) is 2.61. The number of alkyl halides is 3. The Kier molecular flexibility index (Phi) is 9.08. The second kappa shape index (κ2) is 11.8. The largest absolute Gasteiger partial charge is 0.490 e. The molecule has 0 atom stereocenters. The maximum atomic E-state index is 12.8. The van der Waals surface area contributed by atoms with Gasteiger partial charge in [0.25, 0.3) is 5.91 Å². The SMILES string of the molecule is O=C(O)C(F)(F)F.O=C(c1ccnnc1)N(CCc1ccc(Cl)cc1)Cc1cccnc1. The van der Waals surface area contributed by atoms with E-state index in [9.17, 15) is 18.0 Å². The third kappa shape index (κ3) is 8.31. The van der Waals surface area contributed by atoms with Gasteiger partial charge in [-0.25, -0.2) is 4.79 Å². The molecule has 0 radical (unpaired) electrons. The van der Waals surface area contributed by atoms with Gasteiger partial charge in [0, 0.05) is 30.5 Å². The summed E-state index contributed by atoms with van der Waals surface area (Å²) in [6.45, 7) is 1.07. The first-order valence-electron chi connectivity index (χ1n) is 9.16. The Morgan fingerprint density at radius 1 is 0.969 bits per heavy atom. The quantitative estimate of drug-likeness (QED) is 0.589. The first-order valence-corrected chi connectivity index (χ1v) is 9.54. The highest BCUT2D eigenvalue weighted by molar-refractivity contribution is 6.30. The molecule has 0 fully saturated rings. The van der Waals surface area contributed by atoms with Crippen LogP contribution in [0.1, 0.15) is 21.5 Å². The summed E-state index contributed by atoms with van der Waals surface area (Å²) in [5.74, 6) is -2.83. The lowest BCUT2D eigenvalue weighted by molar-refractivity contribution is -0.192. The van der Waals surface area contributed by atoms with Gasteiger partial charge in [0.15, 0.2) is 0 Å². The van der Waals surface area contributed by atoms with Crippen LogP contribution in [0, 0.1) is 0 Å². The van der Waals surface area contributed by atoms with Crippen LogP contribution in [0.3, 0.4) is 0 Å². The maximum absolute atomic E-state index is 12.8. The van der Waals surface area contributed by atoms with Gasteiger partial charge in [0.05, 0.1) is 18.0 Å². The molecule has 3 rings (SSSR count). The molecule has 0 aliphatic heterocycles.